The fourth-order valence-electron chi connectivity index (χ4n) is 1.14. The van der Waals surface area contributed by atoms with Crippen molar-refractivity contribution < 1.29 is 0 Å². The number of aryl methyl sites for hydroxylation is 1. The Balaban J connectivity index is 2.78. The highest BCUT2D eigenvalue weighted by Gasteiger charge is 2.03. The fourth-order valence-corrected chi connectivity index (χ4v) is 1.96. The lowest BCUT2D eigenvalue weighted by Gasteiger charge is -1.95. The van der Waals surface area contributed by atoms with Crippen LogP contribution in [0.1, 0.15) is 5.56 Å². The van der Waals surface area contributed by atoms with E-state index in [0.29, 0.717) is 0 Å². The summed E-state index contributed by atoms with van der Waals surface area (Å²) in [5.74, 6) is 0. The van der Waals surface area contributed by atoms with Crippen molar-refractivity contribution in [3.8, 4) is 10.4 Å². The van der Waals surface area contributed by atoms with Crippen LogP contribution in [0.2, 0.25) is 0 Å². The molecule has 0 nitrogen and oxygen atoms in total. The van der Waals surface area contributed by atoms with E-state index >= 15 is 0 Å². The van der Waals surface area contributed by atoms with Crippen LogP contribution in [0.5, 0.6) is 0 Å². The highest BCUT2D eigenvalue weighted by Crippen LogP contribution is 2.30. The molecule has 2 rings (SSSR count). The first kappa shape index (κ1) is 5.93. The molecule has 50 valence electrons. The Morgan fingerprint density at radius 3 is 2.90 bits per heavy atom. The third kappa shape index (κ3) is 0.745. The molecule has 0 radical (unpaired) electrons. The zero-order chi connectivity index (χ0) is 6.97. The highest BCUT2D eigenvalue weighted by molar-refractivity contribution is 7.13. The molecule has 0 saturated heterocycles. The van der Waals surface area contributed by atoms with Crippen LogP contribution in [0.4, 0.5) is 0 Å². The second kappa shape index (κ2) is 2.10. The lowest BCUT2D eigenvalue weighted by atomic mass is 10.2. The average Bonchev–Trinajstić information content (AvgIpc) is 2.34. The van der Waals surface area contributed by atoms with E-state index in [1.54, 1.807) is 0 Å². The molecule has 10 heavy (non-hydrogen) atoms. The van der Waals surface area contributed by atoms with Crippen molar-refractivity contribution in [3.05, 3.63) is 35.2 Å². The fraction of sp³-hybridized carbons (Fsp3) is 0.111. The topological polar surface area (TPSA) is 0 Å². The molecule has 1 heterocycles. The van der Waals surface area contributed by atoms with E-state index in [-0.39, 0.29) is 0 Å². The minimum absolute atomic E-state index is 1.37. The van der Waals surface area contributed by atoms with Gasteiger partial charge in [-0.05, 0) is 23.4 Å². The molecular formula is C9H8S. The van der Waals surface area contributed by atoms with Gasteiger partial charge in [0.25, 0.3) is 0 Å². The van der Waals surface area contributed by atoms with Crippen LogP contribution in [-0.2, 0) is 0 Å². The Morgan fingerprint density at radius 2 is 2.10 bits per heavy atom. The van der Waals surface area contributed by atoms with Crippen LogP contribution in [0.15, 0.2) is 29.6 Å². The molecule has 0 atom stereocenters. The Bertz CT molecular complexity index is 309. The minimum Gasteiger partial charge on any atom is -0.144 e. The largest absolute Gasteiger partial charge is 0.144 e. The van der Waals surface area contributed by atoms with E-state index < -0.39 is 0 Å². The number of hydrogen-bond donors (Lipinski definition) is 0. The molecule has 0 aromatic heterocycles. The second-order valence-corrected chi connectivity index (χ2v) is 3.33. The summed E-state index contributed by atoms with van der Waals surface area (Å²) < 4.78 is 0. The van der Waals surface area contributed by atoms with E-state index in [1.165, 1.54) is 16.0 Å². The smallest absolute Gasteiger partial charge is 0.0371 e. The predicted octanol–water partition coefficient (Wildman–Crippen LogP) is 3.16. The van der Waals surface area contributed by atoms with Crippen LogP contribution in [0.25, 0.3) is 10.4 Å². The normalized spacial score (nSPS) is 10.5. The van der Waals surface area contributed by atoms with Gasteiger partial charge in [0, 0.05) is 4.88 Å². The maximum Gasteiger partial charge on any atom is 0.0371 e. The van der Waals surface area contributed by atoms with Crippen molar-refractivity contribution in [2.24, 2.45) is 0 Å². The Hall–Kier alpha value is -0.820. The Morgan fingerprint density at radius 1 is 1.20 bits per heavy atom. The molecule has 1 aliphatic carbocycles. The van der Waals surface area contributed by atoms with Gasteiger partial charge in [-0.15, -0.1) is 11.3 Å². The zero-order valence-electron chi connectivity index (χ0n) is 5.79. The van der Waals surface area contributed by atoms with E-state index in [1.807, 2.05) is 11.3 Å². The zero-order valence-corrected chi connectivity index (χ0v) is 6.61. The predicted molar refractivity (Wildman–Crippen MR) is 45.7 cm³/mol. The first-order valence-electron chi connectivity index (χ1n) is 3.31. The first-order valence-corrected chi connectivity index (χ1v) is 4.19. The van der Waals surface area contributed by atoms with Crippen molar-refractivity contribution in [2.75, 3.05) is 0 Å². The SMILES string of the molecule is Cc1ccc2cccsc1-2. The Kier molecular flexibility index (Phi) is 1.24. The molecule has 1 aliphatic heterocycles. The van der Waals surface area contributed by atoms with E-state index in [0.717, 1.165) is 0 Å². The standard InChI is InChI=1S/C9H8S/c1-7-4-5-8-3-2-6-10-9(7)8/h2-6H,1H3. The molecule has 0 aromatic carbocycles. The van der Waals surface area contributed by atoms with Crippen LogP contribution in [-0.4, -0.2) is 0 Å². The third-order valence-electron chi connectivity index (χ3n) is 1.67. The quantitative estimate of drug-likeness (QED) is 0.538. The Labute approximate surface area is 64.5 Å². The van der Waals surface area contributed by atoms with Gasteiger partial charge in [0.2, 0.25) is 0 Å². The summed E-state index contributed by atoms with van der Waals surface area (Å²) in [6.07, 6.45) is 0. The van der Waals surface area contributed by atoms with Crippen molar-refractivity contribution >= 4 is 11.3 Å². The van der Waals surface area contributed by atoms with Gasteiger partial charge in [0.1, 0.15) is 0 Å². The number of hydrogen-bond acceptors (Lipinski definition) is 1. The molecule has 0 aromatic rings. The summed E-state index contributed by atoms with van der Waals surface area (Å²) in [6, 6.07) is 8.58. The van der Waals surface area contributed by atoms with Gasteiger partial charge in [-0.3, -0.25) is 0 Å². The first-order chi connectivity index (χ1) is 4.88. The van der Waals surface area contributed by atoms with Crippen molar-refractivity contribution in [2.45, 2.75) is 6.92 Å². The average molecular weight is 148 g/mol. The van der Waals surface area contributed by atoms with Crippen LogP contribution >= 0.6 is 11.3 Å². The van der Waals surface area contributed by atoms with Gasteiger partial charge in [-0.25, -0.2) is 0 Å². The molecule has 0 unspecified atom stereocenters. The molecule has 0 bridgehead atoms. The van der Waals surface area contributed by atoms with Crippen LogP contribution < -0.4 is 0 Å². The summed E-state index contributed by atoms with van der Waals surface area (Å²) in [4.78, 5) is 1.42. The van der Waals surface area contributed by atoms with Gasteiger partial charge in [0.05, 0.1) is 0 Å². The second-order valence-electron chi connectivity index (χ2n) is 2.41. The lowest BCUT2D eigenvalue weighted by Crippen LogP contribution is -1.68. The summed E-state index contributed by atoms with van der Waals surface area (Å²) in [5, 5.41) is 2.12. The summed E-state index contributed by atoms with van der Waals surface area (Å²) >= 11 is 1.81. The van der Waals surface area contributed by atoms with E-state index in [2.05, 4.69) is 36.6 Å². The summed E-state index contributed by atoms with van der Waals surface area (Å²) in [7, 11) is 0. The molecule has 0 fully saturated rings. The van der Waals surface area contributed by atoms with Crippen molar-refractivity contribution in [1.29, 1.82) is 0 Å². The molecule has 0 spiro atoms. The van der Waals surface area contributed by atoms with Crippen LogP contribution in [0, 0.1) is 6.92 Å². The van der Waals surface area contributed by atoms with Crippen LogP contribution in [0.3, 0.4) is 0 Å². The molecule has 1 heteroatoms. The molecule has 2 aliphatic rings. The van der Waals surface area contributed by atoms with E-state index in [4.69, 9.17) is 0 Å². The highest BCUT2D eigenvalue weighted by atomic mass is 32.1. The summed E-state index contributed by atoms with van der Waals surface area (Å²) in [6.45, 7) is 2.15. The van der Waals surface area contributed by atoms with Gasteiger partial charge in [-0.1, -0.05) is 24.3 Å². The maximum atomic E-state index is 2.17. The number of rotatable bonds is 0. The summed E-state index contributed by atoms with van der Waals surface area (Å²) in [5.41, 5.74) is 2.76. The van der Waals surface area contributed by atoms with Crippen molar-refractivity contribution in [1.82, 2.24) is 0 Å². The lowest BCUT2D eigenvalue weighted by molar-refractivity contribution is 1.57. The number of fused-ring (bicyclic) bond motifs is 1. The van der Waals surface area contributed by atoms with Gasteiger partial charge in [-0.2, -0.15) is 0 Å². The van der Waals surface area contributed by atoms with Gasteiger partial charge in [0.15, 0.2) is 0 Å². The maximum absolute atomic E-state index is 2.17. The molecule has 0 N–H and O–H groups in total. The van der Waals surface area contributed by atoms with Gasteiger partial charge >= 0.3 is 0 Å². The molecule has 0 amide bonds. The third-order valence-corrected chi connectivity index (χ3v) is 2.76. The molecular weight excluding hydrogens is 140 g/mol. The van der Waals surface area contributed by atoms with Crippen molar-refractivity contribution in [3.63, 3.8) is 0 Å². The monoisotopic (exact) mass is 148 g/mol. The minimum atomic E-state index is 1.37. The molecule has 0 saturated carbocycles. The van der Waals surface area contributed by atoms with Gasteiger partial charge < -0.3 is 0 Å². The van der Waals surface area contributed by atoms with E-state index in [9.17, 15) is 0 Å².